The maximum Gasteiger partial charge on any atom is 0.122 e. The highest BCUT2D eigenvalue weighted by Crippen LogP contribution is 2.26. The molecular weight excluding hydrogens is 238 g/mol. The second kappa shape index (κ2) is 6.89. The number of nitrogens with two attached hydrogens (primary N) is 1. The molecule has 1 atom stereocenters. The molecule has 0 amide bonds. The van der Waals surface area contributed by atoms with Crippen molar-refractivity contribution in [1.82, 2.24) is 9.80 Å². The average Bonchev–Trinajstić information content (AvgIpc) is 2.46. The molecule has 2 N–H and O–H groups in total. The fraction of sp³-hybridized carbons (Fsp3) is 0.600. The largest absolute Gasteiger partial charge is 0.496 e. The monoisotopic (exact) mass is 263 g/mol. The van der Waals surface area contributed by atoms with Crippen LogP contribution < -0.4 is 10.5 Å². The van der Waals surface area contributed by atoms with E-state index in [0.29, 0.717) is 12.5 Å². The van der Waals surface area contributed by atoms with E-state index in [1.54, 1.807) is 7.11 Å². The van der Waals surface area contributed by atoms with Crippen molar-refractivity contribution in [3.63, 3.8) is 0 Å². The number of benzene rings is 1. The van der Waals surface area contributed by atoms with Gasteiger partial charge in [0.05, 0.1) is 7.11 Å². The van der Waals surface area contributed by atoms with Gasteiger partial charge in [-0.3, -0.25) is 0 Å². The molecule has 0 aliphatic carbocycles. The molecular formula is C15H25N3O. The molecule has 2 rings (SSSR count). The van der Waals surface area contributed by atoms with Crippen molar-refractivity contribution in [3.05, 3.63) is 29.8 Å². The van der Waals surface area contributed by atoms with Gasteiger partial charge < -0.3 is 20.3 Å². The molecule has 106 valence electrons. The summed E-state index contributed by atoms with van der Waals surface area (Å²) < 4.78 is 5.45. The maximum absolute atomic E-state index is 5.98. The van der Waals surface area contributed by atoms with Crippen LogP contribution >= 0.6 is 0 Å². The van der Waals surface area contributed by atoms with Crippen molar-refractivity contribution in [2.45, 2.75) is 5.92 Å². The van der Waals surface area contributed by atoms with E-state index in [1.807, 2.05) is 12.1 Å². The van der Waals surface area contributed by atoms with Gasteiger partial charge in [-0.15, -0.1) is 0 Å². The zero-order chi connectivity index (χ0) is 13.7. The van der Waals surface area contributed by atoms with Crippen molar-refractivity contribution in [1.29, 1.82) is 0 Å². The smallest absolute Gasteiger partial charge is 0.122 e. The van der Waals surface area contributed by atoms with E-state index in [1.165, 1.54) is 5.56 Å². The molecule has 1 unspecified atom stereocenters. The van der Waals surface area contributed by atoms with Crippen LogP contribution in [0.2, 0.25) is 0 Å². The van der Waals surface area contributed by atoms with Crippen LogP contribution in [0.15, 0.2) is 24.3 Å². The van der Waals surface area contributed by atoms with Crippen molar-refractivity contribution in [2.75, 3.05) is 53.4 Å². The highest BCUT2D eigenvalue weighted by Gasteiger charge is 2.20. The minimum atomic E-state index is 0.347. The lowest BCUT2D eigenvalue weighted by molar-refractivity contribution is 0.147. The summed E-state index contributed by atoms with van der Waals surface area (Å²) in [7, 11) is 3.90. The Morgan fingerprint density at radius 1 is 1.21 bits per heavy atom. The molecule has 0 spiro atoms. The molecule has 1 saturated heterocycles. The first-order valence-corrected chi connectivity index (χ1v) is 6.98. The van der Waals surface area contributed by atoms with Crippen LogP contribution in [0, 0.1) is 0 Å². The highest BCUT2D eigenvalue weighted by atomic mass is 16.5. The van der Waals surface area contributed by atoms with Gasteiger partial charge in [-0.1, -0.05) is 18.2 Å². The van der Waals surface area contributed by atoms with Crippen LogP contribution in [0.5, 0.6) is 5.75 Å². The third kappa shape index (κ3) is 3.69. The van der Waals surface area contributed by atoms with Gasteiger partial charge >= 0.3 is 0 Å². The Bertz CT molecular complexity index is 389. The standard InChI is InChI=1S/C15H25N3O/c1-17-7-9-18(10-8-17)12-13(11-16)14-5-3-4-6-15(14)19-2/h3-6,13H,7-12,16H2,1-2H3. The van der Waals surface area contributed by atoms with Gasteiger partial charge in [-0.2, -0.15) is 0 Å². The number of piperazine rings is 1. The van der Waals surface area contributed by atoms with Gasteiger partial charge in [0, 0.05) is 45.2 Å². The van der Waals surface area contributed by atoms with Crippen molar-refractivity contribution < 1.29 is 4.74 Å². The molecule has 1 fully saturated rings. The lowest BCUT2D eigenvalue weighted by Gasteiger charge is -2.34. The van der Waals surface area contributed by atoms with E-state index >= 15 is 0 Å². The first-order chi connectivity index (χ1) is 9.24. The van der Waals surface area contributed by atoms with Crippen LogP contribution in [-0.2, 0) is 0 Å². The Labute approximate surface area is 116 Å². The predicted octanol–water partition coefficient (Wildman–Crippen LogP) is 0.985. The van der Waals surface area contributed by atoms with E-state index < -0.39 is 0 Å². The molecule has 0 aromatic heterocycles. The summed E-state index contributed by atoms with van der Waals surface area (Å²) in [6.45, 7) is 6.22. The van der Waals surface area contributed by atoms with Gasteiger partial charge in [0.15, 0.2) is 0 Å². The lowest BCUT2D eigenvalue weighted by atomic mass is 9.97. The second-order valence-electron chi connectivity index (χ2n) is 5.28. The molecule has 4 nitrogen and oxygen atoms in total. The lowest BCUT2D eigenvalue weighted by Crippen LogP contribution is -2.46. The summed E-state index contributed by atoms with van der Waals surface area (Å²) in [5, 5.41) is 0. The Balaban J connectivity index is 2.03. The fourth-order valence-electron chi connectivity index (χ4n) is 2.65. The Morgan fingerprint density at radius 2 is 1.89 bits per heavy atom. The molecule has 0 bridgehead atoms. The zero-order valence-electron chi connectivity index (χ0n) is 12.0. The van der Waals surface area contributed by atoms with Gasteiger partial charge in [0.1, 0.15) is 5.75 Å². The van der Waals surface area contributed by atoms with Crippen LogP contribution in [0.3, 0.4) is 0 Å². The molecule has 1 aromatic carbocycles. The molecule has 1 aromatic rings. The van der Waals surface area contributed by atoms with Crippen LogP contribution in [-0.4, -0.2) is 63.2 Å². The summed E-state index contributed by atoms with van der Waals surface area (Å²) in [6, 6.07) is 8.21. The van der Waals surface area contributed by atoms with Gasteiger partial charge in [-0.25, -0.2) is 0 Å². The van der Waals surface area contributed by atoms with E-state index in [4.69, 9.17) is 10.5 Å². The minimum Gasteiger partial charge on any atom is -0.496 e. The molecule has 19 heavy (non-hydrogen) atoms. The van der Waals surface area contributed by atoms with Gasteiger partial charge in [-0.05, 0) is 18.7 Å². The average molecular weight is 263 g/mol. The topological polar surface area (TPSA) is 41.7 Å². The number of likely N-dealkylation sites (N-methyl/N-ethyl adjacent to an activating group) is 1. The summed E-state index contributed by atoms with van der Waals surface area (Å²) >= 11 is 0. The molecule has 4 heteroatoms. The van der Waals surface area contributed by atoms with Crippen molar-refractivity contribution >= 4 is 0 Å². The number of nitrogens with zero attached hydrogens (tertiary/aromatic N) is 2. The number of para-hydroxylation sites is 1. The third-order valence-corrected chi connectivity index (χ3v) is 3.94. The van der Waals surface area contributed by atoms with E-state index in [2.05, 4.69) is 29.0 Å². The Hall–Kier alpha value is -1.10. The van der Waals surface area contributed by atoms with E-state index in [-0.39, 0.29) is 0 Å². The molecule has 0 saturated carbocycles. The molecule has 0 radical (unpaired) electrons. The summed E-state index contributed by atoms with van der Waals surface area (Å²) in [5.41, 5.74) is 7.21. The van der Waals surface area contributed by atoms with E-state index in [0.717, 1.165) is 38.5 Å². The van der Waals surface area contributed by atoms with E-state index in [9.17, 15) is 0 Å². The highest BCUT2D eigenvalue weighted by molar-refractivity contribution is 5.36. The summed E-state index contributed by atoms with van der Waals surface area (Å²) in [4.78, 5) is 4.88. The van der Waals surface area contributed by atoms with Gasteiger partial charge in [0.25, 0.3) is 0 Å². The number of hydrogen-bond donors (Lipinski definition) is 1. The fourth-order valence-corrected chi connectivity index (χ4v) is 2.65. The normalized spacial score (nSPS) is 19.3. The van der Waals surface area contributed by atoms with Crippen LogP contribution in [0.25, 0.3) is 0 Å². The van der Waals surface area contributed by atoms with Crippen LogP contribution in [0.4, 0.5) is 0 Å². The predicted molar refractivity (Wildman–Crippen MR) is 78.7 cm³/mol. The molecule has 1 heterocycles. The minimum absolute atomic E-state index is 0.347. The molecule has 1 aliphatic heterocycles. The number of hydrogen-bond acceptors (Lipinski definition) is 4. The van der Waals surface area contributed by atoms with Crippen molar-refractivity contribution in [2.24, 2.45) is 5.73 Å². The SMILES string of the molecule is COc1ccccc1C(CN)CN1CCN(C)CC1. The second-order valence-corrected chi connectivity index (χ2v) is 5.28. The van der Waals surface area contributed by atoms with Crippen LogP contribution in [0.1, 0.15) is 11.5 Å². The zero-order valence-corrected chi connectivity index (χ0v) is 12.0. The molecule has 1 aliphatic rings. The quantitative estimate of drug-likeness (QED) is 0.860. The maximum atomic E-state index is 5.98. The Morgan fingerprint density at radius 3 is 2.53 bits per heavy atom. The number of methoxy groups -OCH3 is 1. The van der Waals surface area contributed by atoms with Gasteiger partial charge in [0.2, 0.25) is 0 Å². The first-order valence-electron chi connectivity index (χ1n) is 6.98. The number of ether oxygens (including phenoxy) is 1. The van der Waals surface area contributed by atoms with Crippen molar-refractivity contribution in [3.8, 4) is 5.75 Å². The summed E-state index contributed by atoms with van der Waals surface area (Å²) in [6.07, 6.45) is 0. The summed E-state index contributed by atoms with van der Waals surface area (Å²) in [5.74, 6) is 1.30. The first kappa shape index (κ1) is 14.3. The Kier molecular flexibility index (Phi) is 5.19. The number of rotatable bonds is 5. The third-order valence-electron chi connectivity index (χ3n) is 3.94.